The summed E-state index contributed by atoms with van der Waals surface area (Å²) in [7, 11) is 0. The first kappa shape index (κ1) is 9.23. The van der Waals surface area contributed by atoms with Crippen LogP contribution >= 0.6 is 0 Å². The summed E-state index contributed by atoms with van der Waals surface area (Å²) >= 11 is 0. The summed E-state index contributed by atoms with van der Waals surface area (Å²) in [5.41, 5.74) is 0. The second-order valence-corrected chi connectivity index (χ2v) is 4.89. The first-order chi connectivity index (χ1) is 6.40. The molecule has 1 heteroatoms. The molecule has 0 aromatic heterocycles. The Hall–Kier alpha value is -0.330. The van der Waals surface area contributed by atoms with Gasteiger partial charge in [0.25, 0.3) is 0 Å². The van der Waals surface area contributed by atoms with Crippen LogP contribution in [0.25, 0.3) is 0 Å². The first-order valence-corrected chi connectivity index (χ1v) is 5.84. The zero-order valence-corrected chi connectivity index (χ0v) is 8.37. The standard InChI is InChI=1S/C12H20O/c13-8-7-10-5-6-11-3-1-2-4-12(11)9-10/h8,10-12H,1-7,9H2/t10?,11-,12-/m1/s1. The van der Waals surface area contributed by atoms with Gasteiger partial charge in [0.2, 0.25) is 0 Å². The fourth-order valence-corrected chi connectivity index (χ4v) is 3.32. The molecule has 2 saturated carbocycles. The van der Waals surface area contributed by atoms with E-state index in [1.807, 2.05) is 0 Å². The van der Waals surface area contributed by atoms with Crippen LogP contribution < -0.4 is 0 Å². The Kier molecular flexibility index (Phi) is 3.02. The molecule has 2 aliphatic rings. The van der Waals surface area contributed by atoms with Gasteiger partial charge in [-0.2, -0.15) is 0 Å². The molecule has 0 saturated heterocycles. The summed E-state index contributed by atoms with van der Waals surface area (Å²) in [4.78, 5) is 10.4. The minimum Gasteiger partial charge on any atom is -0.303 e. The van der Waals surface area contributed by atoms with Crippen LogP contribution in [0.15, 0.2) is 0 Å². The minimum atomic E-state index is 0.733. The predicted molar refractivity (Wildman–Crippen MR) is 53.5 cm³/mol. The van der Waals surface area contributed by atoms with Crippen molar-refractivity contribution < 1.29 is 4.79 Å². The lowest BCUT2D eigenvalue weighted by Crippen LogP contribution is -2.27. The number of hydrogen-bond acceptors (Lipinski definition) is 1. The lowest BCUT2D eigenvalue weighted by atomic mass is 9.67. The molecule has 3 atom stereocenters. The number of rotatable bonds is 2. The van der Waals surface area contributed by atoms with Crippen LogP contribution in [0.4, 0.5) is 0 Å². The molecule has 0 amide bonds. The van der Waals surface area contributed by atoms with E-state index < -0.39 is 0 Å². The van der Waals surface area contributed by atoms with Crippen molar-refractivity contribution in [1.29, 1.82) is 0 Å². The Bertz CT molecular complexity index is 176. The maximum atomic E-state index is 10.4. The molecular weight excluding hydrogens is 160 g/mol. The van der Waals surface area contributed by atoms with Gasteiger partial charge in [-0.15, -0.1) is 0 Å². The summed E-state index contributed by atoms with van der Waals surface area (Å²) in [5, 5.41) is 0. The smallest absolute Gasteiger partial charge is 0.120 e. The molecular formula is C12H20O. The van der Waals surface area contributed by atoms with E-state index in [1.54, 1.807) is 0 Å². The maximum Gasteiger partial charge on any atom is 0.120 e. The van der Waals surface area contributed by atoms with E-state index in [2.05, 4.69) is 0 Å². The van der Waals surface area contributed by atoms with Crippen molar-refractivity contribution in [3.8, 4) is 0 Å². The van der Waals surface area contributed by atoms with Gasteiger partial charge in [-0.1, -0.05) is 25.7 Å². The molecule has 2 rings (SSSR count). The van der Waals surface area contributed by atoms with Crippen molar-refractivity contribution in [2.75, 3.05) is 0 Å². The van der Waals surface area contributed by atoms with Crippen LogP contribution in [0, 0.1) is 17.8 Å². The highest BCUT2D eigenvalue weighted by Gasteiger charge is 2.31. The molecule has 1 nitrogen and oxygen atoms in total. The molecule has 2 fully saturated rings. The highest BCUT2D eigenvalue weighted by atomic mass is 16.1. The summed E-state index contributed by atoms with van der Waals surface area (Å²) in [6.07, 6.45) is 11.8. The van der Waals surface area contributed by atoms with E-state index in [-0.39, 0.29) is 0 Å². The van der Waals surface area contributed by atoms with E-state index in [1.165, 1.54) is 44.9 Å². The average Bonchev–Trinajstić information content (AvgIpc) is 2.18. The summed E-state index contributed by atoms with van der Waals surface area (Å²) in [6, 6.07) is 0. The van der Waals surface area contributed by atoms with Crippen LogP contribution in [-0.4, -0.2) is 6.29 Å². The number of carbonyl (C=O) groups is 1. The quantitative estimate of drug-likeness (QED) is 0.596. The third-order valence-corrected chi connectivity index (χ3v) is 4.08. The Morgan fingerprint density at radius 1 is 1.00 bits per heavy atom. The number of hydrogen-bond donors (Lipinski definition) is 0. The molecule has 0 spiro atoms. The van der Waals surface area contributed by atoms with Crippen molar-refractivity contribution in [3.63, 3.8) is 0 Å². The van der Waals surface area contributed by atoms with Crippen molar-refractivity contribution >= 4 is 6.29 Å². The zero-order chi connectivity index (χ0) is 9.10. The third-order valence-electron chi connectivity index (χ3n) is 4.08. The van der Waals surface area contributed by atoms with Gasteiger partial charge in [-0.25, -0.2) is 0 Å². The summed E-state index contributed by atoms with van der Waals surface area (Å²) in [6.45, 7) is 0. The van der Waals surface area contributed by atoms with Crippen LogP contribution in [0.2, 0.25) is 0 Å². The molecule has 74 valence electrons. The highest BCUT2D eigenvalue weighted by molar-refractivity contribution is 5.49. The van der Waals surface area contributed by atoms with Gasteiger partial charge in [0, 0.05) is 6.42 Å². The molecule has 2 aliphatic carbocycles. The maximum absolute atomic E-state index is 10.4. The SMILES string of the molecule is O=CCC1CC[C@H]2CCCC[C@@H]2C1. The molecule has 0 N–H and O–H groups in total. The van der Waals surface area contributed by atoms with E-state index in [0.717, 1.165) is 30.5 Å². The Morgan fingerprint density at radius 3 is 2.54 bits per heavy atom. The molecule has 0 aromatic carbocycles. The molecule has 0 aromatic rings. The second-order valence-electron chi connectivity index (χ2n) is 4.89. The van der Waals surface area contributed by atoms with Crippen molar-refractivity contribution in [3.05, 3.63) is 0 Å². The monoisotopic (exact) mass is 180 g/mol. The van der Waals surface area contributed by atoms with Crippen LogP contribution in [0.1, 0.15) is 51.4 Å². The van der Waals surface area contributed by atoms with Crippen LogP contribution in [0.5, 0.6) is 0 Å². The topological polar surface area (TPSA) is 17.1 Å². The lowest BCUT2D eigenvalue weighted by Gasteiger charge is -2.38. The molecule has 0 heterocycles. The van der Waals surface area contributed by atoms with Gasteiger partial charge in [0.15, 0.2) is 0 Å². The fourth-order valence-electron chi connectivity index (χ4n) is 3.32. The van der Waals surface area contributed by atoms with Gasteiger partial charge in [0.05, 0.1) is 0 Å². The largest absolute Gasteiger partial charge is 0.303 e. The molecule has 0 radical (unpaired) electrons. The molecule has 13 heavy (non-hydrogen) atoms. The molecule has 1 unspecified atom stereocenters. The van der Waals surface area contributed by atoms with Crippen LogP contribution in [-0.2, 0) is 4.79 Å². The Morgan fingerprint density at radius 2 is 1.77 bits per heavy atom. The Balaban J connectivity index is 1.87. The van der Waals surface area contributed by atoms with Crippen molar-refractivity contribution in [2.45, 2.75) is 51.4 Å². The van der Waals surface area contributed by atoms with Gasteiger partial charge in [0.1, 0.15) is 6.29 Å². The van der Waals surface area contributed by atoms with E-state index in [0.29, 0.717) is 0 Å². The number of aldehydes is 1. The second kappa shape index (κ2) is 4.26. The fraction of sp³-hybridized carbons (Fsp3) is 0.917. The van der Waals surface area contributed by atoms with Gasteiger partial charge < -0.3 is 4.79 Å². The average molecular weight is 180 g/mol. The van der Waals surface area contributed by atoms with E-state index in [9.17, 15) is 4.79 Å². The number of carbonyl (C=O) groups excluding carboxylic acids is 1. The van der Waals surface area contributed by atoms with Gasteiger partial charge >= 0.3 is 0 Å². The zero-order valence-electron chi connectivity index (χ0n) is 8.37. The number of fused-ring (bicyclic) bond motifs is 1. The van der Waals surface area contributed by atoms with E-state index in [4.69, 9.17) is 0 Å². The first-order valence-electron chi connectivity index (χ1n) is 5.84. The van der Waals surface area contributed by atoms with Crippen LogP contribution in [0.3, 0.4) is 0 Å². The van der Waals surface area contributed by atoms with Gasteiger partial charge in [-0.3, -0.25) is 0 Å². The highest BCUT2D eigenvalue weighted by Crippen LogP contribution is 2.43. The lowest BCUT2D eigenvalue weighted by molar-refractivity contribution is -0.109. The third kappa shape index (κ3) is 2.12. The van der Waals surface area contributed by atoms with Gasteiger partial charge in [-0.05, 0) is 37.0 Å². The van der Waals surface area contributed by atoms with E-state index >= 15 is 0 Å². The summed E-state index contributed by atoms with van der Waals surface area (Å²) in [5.74, 6) is 2.74. The normalized spacial score (nSPS) is 39.5. The molecule has 0 aliphatic heterocycles. The molecule has 0 bridgehead atoms. The Labute approximate surface area is 80.9 Å². The minimum absolute atomic E-state index is 0.733. The van der Waals surface area contributed by atoms with Crippen molar-refractivity contribution in [1.82, 2.24) is 0 Å². The predicted octanol–water partition coefficient (Wildman–Crippen LogP) is 3.18. The van der Waals surface area contributed by atoms with Crippen molar-refractivity contribution in [2.24, 2.45) is 17.8 Å². The summed E-state index contributed by atoms with van der Waals surface area (Å²) < 4.78 is 0.